The van der Waals surface area contributed by atoms with Crippen molar-refractivity contribution in [2.75, 3.05) is 7.05 Å². The summed E-state index contributed by atoms with van der Waals surface area (Å²) >= 11 is 6.17. The minimum atomic E-state index is -0.940. The second-order valence-corrected chi connectivity index (χ2v) is 4.96. The van der Waals surface area contributed by atoms with Crippen LogP contribution in [0.1, 0.15) is 21.5 Å². The van der Waals surface area contributed by atoms with Crippen LogP contribution in [0, 0.1) is 0 Å². The van der Waals surface area contributed by atoms with Crippen LogP contribution in [0.25, 0.3) is 0 Å². The topological polar surface area (TPSA) is 58.6 Å². The zero-order chi connectivity index (χ0) is 15.2. The molecule has 5 heteroatoms. The van der Waals surface area contributed by atoms with E-state index in [4.69, 9.17) is 21.4 Å². The molecule has 21 heavy (non-hydrogen) atoms. The minimum absolute atomic E-state index is 0.257. The molecular weight excluding hydrogens is 290 g/mol. The monoisotopic (exact) mass is 305 g/mol. The summed E-state index contributed by atoms with van der Waals surface area (Å²) in [5.41, 5.74) is 2.12. The second kappa shape index (κ2) is 7.11. The van der Waals surface area contributed by atoms with Gasteiger partial charge in [0.2, 0.25) is 0 Å². The molecule has 0 heterocycles. The average Bonchev–Trinajstić information content (AvgIpc) is 2.47. The van der Waals surface area contributed by atoms with Crippen molar-refractivity contribution in [2.24, 2.45) is 0 Å². The molecule has 0 saturated carbocycles. The van der Waals surface area contributed by atoms with E-state index in [0.717, 1.165) is 11.1 Å². The van der Waals surface area contributed by atoms with Crippen LogP contribution in [0.3, 0.4) is 0 Å². The van der Waals surface area contributed by atoms with E-state index in [1.165, 1.54) is 0 Å². The van der Waals surface area contributed by atoms with E-state index in [1.54, 1.807) is 30.3 Å². The Morgan fingerprint density at radius 1 is 1.24 bits per heavy atom. The molecule has 0 spiro atoms. The molecule has 0 radical (unpaired) electrons. The van der Waals surface area contributed by atoms with E-state index >= 15 is 0 Å². The maximum absolute atomic E-state index is 10.8. The van der Waals surface area contributed by atoms with Crippen molar-refractivity contribution >= 4 is 17.6 Å². The Morgan fingerprint density at radius 3 is 2.57 bits per heavy atom. The SMILES string of the molecule is CNCc1cccc(Cl)c1OCc1ccc(C(=O)O)cc1. The van der Waals surface area contributed by atoms with Crippen molar-refractivity contribution < 1.29 is 14.6 Å². The highest BCUT2D eigenvalue weighted by atomic mass is 35.5. The van der Waals surface area contributed by atoms with Gasteiger partial charge in [0.25, 0.3) is 0 Å². The van der Waals surface area contributed by atoms with E-state index in [0.29, 0.717) is 23.9 Å². The number of carboxylic acid groups (broad SMARTS) is 1. The Morgan fingerprint density at radius 2 is 1.95 bits per heavy atom. The molecule has 2 aromatic rings. The molecule has 0 unspecified atom stereocenters. The van der Waals surface area contributed by atoms with Gasteiger partial charge >= 0.3 is 5.97 Å². The summed E-state index contributed by atoms with van der Waals surface area (Å²) in [5.74, 6) is -0.291. The van der Waals surface area contributed by atoms with E-state index in [9.17, 15) is 4.79 Å². The van der Waals surface area contributed by atoms with E-state index in [1.807, 2.05) is 19.2 Å². The molecule has 4 nitrogen and oxygen atoms in total. The van der Waals surface area contributed by atoms with Crippen LogP contribution in [0.4, 0.5) is 0 Å². The largest absolute Gasteiger partial charge is 0.487 e. The number of hydrogen-bond acceptors (Lipinski definition) is 3. The summed E-state index contributed by atoms with van der Waals surface area (Å²) in [6, 6.07) is 12.2. The summed E-state index contributed by atoms with van der Waals surface area (Å²) in [6.45, 7) is 0.994. The third-order valence-electron chi connectivity index (χ3n) is 3.00. The highest BCUT2D eigenvalue weighted by molar-refractivity contribution is 6.32. The predicted octanol–water partition coefficient (Wildman–Crippen LogP) is 3.34. The fourth-order valence-electron chi connectivity index (χ4n) is 1.94. The van der Waals surface area contributed by atoms with Gasteiger partial charge in [0.05, 0.1) is 10.6 Å². The Bertz CT molecular complexity index is 626. The molecule has 0 aliphatic rings. The van der Waals surface area contributed by atoms with Crippen molar-refractivity contribution in [3.05, 3.63) is 64.2 Å². The molecule has 0 atom stereocenters. The first-order valence-corrected chi connectivity index (χ1v) is 6.86. The number of carbonyl (C=O) groups is 1. The lowest BCUT2D eigenvalue weighted by Gasteiger charge is -2.13. The molecule has 0 saturated heterocycles. The normalized spacial score (nSPS) is 10.4. The third kappa shape index (κ3) is 3.97. The first-order valence-electron chi connectivity index (χ1n) is 6.49. The highest BCUT2D eigenvalue weighted by Crippen LogP contribution is 2.29. The number of benzene rings is 2. The third-order valence-corrected chi connectivity index (χ3v) is 3.30. The van der Waals surface area contributed by atoms with Crippen molar-refractivity contribution in [3.63, 3.8) is 0 Å². The van der Waals surface area contributed by atoms with Crippen LogP contribution >= 0.6 is 11.6 Å². The molecule has 0 fully saturated rings. The zero-order valence-corrected chi connectivity index (χ0v) is 12.4. The number of rotatable bonds is 6. The number of carboxylic acids is 1. The average molecular weight is 306 g/mol. The molecule has 0 bridgehead atoms. The Labute approximate surface area is 128 Å². The summed E-state index contributed by atoms with van der Waals surface area (Å²) < 4.78 is 5.79. The van der Waals surface area contributed by atoms with E-state index in [2.05, 4.69) is 5.32 Å². The van der Waals surface area contributed by atoms with Crippen molar-refractivity contribution in [1.82, 2.24) is 5.32 Å². The quantitative estimate of drug-likeness (QED) is 0.859. The van der Waals surface area contributed by atoms with Gasteiger partial charge < -0.3 is 15.2 Å². The number of nitrogens with one attached hydrogen (secondary N) is 1. The number of para-hydroxylation sites is 1. The fraction of sp³-hybridized carbons (Fsp3) is 0.188. The summed E-state index contributed by atoms with van der Waals surface area (Å²) in [4.78, 5) is 10.8. The van der Waals surface area contributed by atoms with Gasteiger partial charge in [-0.2, -0.15) is 0 Å². The van der Waals surface area contributed by atoms with Crippen LogP contribution in [-0.2, 0) is 13.2 Å². The second-order valence-electron chi connectivity index (χ2n) is 4.55. The van der Waals surface area contributed by atoms with Crippen LogP contribution < -0.4 is 10.1 Å². The zero-order valence-electron chi connectivity index (χ0n) is 11.6. The van der Waals surface area contributed by atoms with Crippen LogP contribution in [0.5, 0.6) is 5.75 Å². The van der Waals surface area contributed by atoms with E-state index < -0.39 is 5.97 Å². The first kappa shape index (κ1) is 15.4. The van der Waals surface area contributed by atoms with E-state index in [-0.39, 0.29) is 5.56 Å². The molecule has 2 aromatic carbocycles. The van der Waals surface area contributed by atoms with Gasteiger partial charge in [0.15, 0.2) is 0 Å². The lowest BCUT2D eigenvalue weighted by Crippen LogP contribution is -2.08. The standard InChI is InChI=1S/C16H16ClNO3/c1-18-9-13-3-2-4-14(17)15(13)21-10-11-5-7-12(8-6-11)16(19)20/h2-8,18H,9-10H2,1H3,(H,19,20). The van der Waals surface area contributed by atoms with Gasteiger partial charge in [-0.15, -0.1) is 0 Å². The minimum Gasteiger partial charge on any atom is -0.487 e. The lowest BCUT2D eigenvalue weighted by atomic mass is 10.1. The maximum atomic E-state index is 10.8. The molecular formula is C16H16ClNO3. The predicted molar refractivity (Wildman–Crippen MR) is 81.9 cm³/mol. The Kier molecular flexibility index (Phi) is 5.20. The number of hydrogen-bond donors (Lipinski definition) is 2. The first-order chi connectivity index (χ1) is 10.1. The fourth-order valence-corrected chi connectivity index (χ4v) is 2.19. The van der Waals surface area contributed by atoms with Crippen LogP contribution in [0.15, 0.2) is 42.5 Å². The molecule has 2 N–H and O–H groups in total. The molecule has 110 valence electrons. The van der Waals surface area contributed by atoms with Gasteiger partial charge in [-0.3, -0.25) is 0 Å². The van der Waals surface area contributed by atoms with Crippen molar-refractivity contribution in [3.8, 4) is 5.75 Å². The number of aromatic carboxylic acids is 1. The van der Waals surface area contributed by atoms with Gasteiger partial charge in [-0.25, -0.2) is 4.79 Å². The summed E-state index contributed by atoms with van der Waals surface area (Å²) in [7, 11) is 1.86. The summed E-state index contributed by atoms with van der Waals surface area (Å²) in [6.07, 6.45) is 0. The van der Waals surface area contributed by atoms with Gasteiger partial charge in [-0.05, 0) is 30.8 Å². The smallest absolute Gasteiger partial charge is 0.335 e. The maximum Gasteiger partial charge on any atom is 0.335 e. The van der Waals surface area contributed by atoms with Gasteiger partial charge in [0.1, 0.15) is 12.4 Å². The van der Waals surface area contributed by atoms with Crippen LogP contribution in [-0.4, -0.2) is 18.1 Å². The lowest BCUT2D eigenvalue weighted by molar-refractivity contribution is 0.0697. The van der Waals surface area contributed by atoms with Crippen LogP contribution in [0.2, 0.25) is 5.02 Å². The molecule has 0 aliphatic heterocycles. The van der Waals surface area contributed by atoms with Crippen molar-refractivity contribution in [1.29, 1.82) is 0 Å². The highest BCUT2D eigenvalue weighted by Gasteiger charge is 2.08. The molecule has 0 aliphatic carbocycles. The Hall–Kier alpha value is -2.04. The van der Waals surface area contributed by atoms with Gasteiger partial charge in [0, 0.05) is 12.1 Å². The molecule has 0 aromatic heterocycles. The Balaban J connectivity index is 2.10. The van der Waals surface area contributed by atoms with Gasteiger partial charge in [-0.1, -0.05) is 35.9 Å². The summed E-state index contributed by atoms with van der Waals surface area (Å²) in [5, 5.41) is 12.5. The number of ether oxygens (including phenoxy) is 1. The molecule has 0 amide bonds. The molecule has 2 rings (SSSR count). The number of halogens is 1. The van der Waals surface area contributed by atoms with Crippen molar-refractivity contribution in [2.45, 2.75) is 13.2 Å².